The van der Waals surface area contributed by atoms with E-state index < -0.39 is 5.97 Å². The number of carbonyl (C=O) groups is 1. The molecule has 3 atom stereocenters. The monoisotopic (exact) mass is 317 g/mol. The van der Waals surface area contributed by atoms with Crippen LogP contribution in [0.2, 0.25) is 10.0 Å². The molecule has 0 saturated carbocycles. The van der Waals surface area contributed by atoms with Crippen LogP contribution in [0.25, 0.3) is 0 Å². The van der Waals surface area contributed by atoms with Crippen LogP contribution in [0.3, 0.4) is 0 Å². The number of hydrogen-bond acceptors (Lipinski definition) is 2. The number of carboxylic acids is 1. The first-order valence-corrected chi connectivity index (χ1v) is 7.53. The normalized spacial score (nSPS) is 15.7. The van der Waals surface area contributed by atoms with Gasteiger partial charge in [0, 0.05) is 6.04 Å². The average Bonchev–Trinajstić information content (AvgIpc) is 2.37. The maximum atomic E-state index is 10.8. The van der Waals surface area contributed by atoms with E-state index >= 15 is 0 Å². The topological polar surface area (TPSA) is 63.3 Å². The highest BCUT2D eigenvalue weighted by atomic mass is 35.5. The lowest BCUT2D eigenvalue weighted by Gasteiger charge is -2.25. The van der Waals surface area contributed by atoms with Crippen molar-refractivity contribution in [3.05, 3.63) is 33.8 Å². The predicted octanol–water partition coefficient (Wildman–Crippen LogP) is 4.32. The number of nitrogens with two attached hydrogens (primary N) is 1. The van der Waals surface area contributed by atoms with Gasteiger partial charge in [-0.25, -0.2) is 0 Å². The zero-order valence-corrected chi connectivity index (χ0v) is 13.3. The minimum absolute atomic E-state index is 0.00655. The number of rotatable bonds is 7. The Balaban J connectivity index is 2.73. The van der Waals surface area contributed by atoms with Gasteiger partial charge in [0.25, 0.3) is 0 Å². The first-order chi connectivity index (χ1) is 9.35. The maximum Gasteiger partial charge on any atom is 0.304 e. The second-order valence-electron chi connectivity index (χ2n) is 5.24. The van der Waals surface area contributed by atoms with E-state index in [-0.39, 0.29) is 24.3 Å². The molecule has 3 unspecified atom stereocenters. The van der Waals surface area contributed by atoms with Gasteiger partial charge in [0.05, 0.1) is 16.5 Å². The quantitative estimate of drug-likeness (QED) is 0.787. The summed E-state index contributed by atoms with van der Waals surface area (Å²) in [6, 6.07) is 5.29. The minimum Gasteiger partial charge on any atom is -0.481 e. The molecule has 0 spiro atoms. The van der Waals surface area contributed by atoms with Crippen molar-refractivity contribution < 1.29 is 9.90 Å². The highest BCUT2D eigenvalue weighted by Crippen LogP contribution is 2.31. The van der Waals surface area contributed by atoms with Gasteiger partial charge in [-0.3, -0.25) is 4.79 Å². The van der Waals surface area contributed by atoms with E-state index in [0.717, 1.165) is 18.4 Å². The van der Waals surface area contributed by atoms with Crippen LogP contribution in [0.4, 0.5) is 0 Å². The van der Waals surface area contributed by atoms with Gasteiger partial charge in [0.2, 0.25) is 0 Å². The van der Waals surface area contributed by atoms with Crippen molar-refractivity contribution in [2.24, 2.45) is 11.7 Å². The molecule has 0 aliphatic carbocycles. The van der Waals surface area contributed by atoms with Crippen molar-refractivity contribution in [3.8, 4) is 0 Å². The fraction of sp³-hybridized carbons (Fsp3) is 0.533. The van der Waals surface area contributed by atoms with E-state index in [9.17, 15) is 4.79 Å². The molecule has 0 aromatic heterocycles. The van der Waals surface area contributed by atoms with Crippen molar-refractivity contribution in [2.75, 3.05) is 0 Å². The van der Waals surface area contributed by atoms with Gasteiger partial charge in [-0.05, 0) is 36.0 Å². The smallest absolute Gasteiger partial charge is 0.304 e. The third-order valence-corrected chi connectivity index (χ3v) is 4.45. The van der Waals surface area contributed by atoms with Crippen LogP contribution in [0.15, 0.2) is 18.2 Å². The summed E-state index contributed by atoms with van der Waals surface area (Å²) >= 11 is 11.9. The molecular weight excluding hydrogens is 297 g/mol. The zero-order chi connectivity index (χ0) is 15.3. The summed E-state index contributed by atoms with van der Waals surface area (Å²) in [4.78, 5) is 10.8. The first kappa shape index (κ1) is 17.3. The molecule has 0 saturated heterocycles. The van der Waals surface area contributed by atoms with Crippen LogP contribution in [0, 0.1) is 5.92 Å². The number of benzene rings is 1. The largest absolute Gasteiger partial charge is 0.481 e. The van der Waals surface area contributed by atoms with Gasteiger partial charge in [0.15, 0.2) is 0 Å². The molecule has 0 heterocycles. The summed E-state index contributed by atoms with van der Waals surface area (Å²) in [5.41, 5.74) is 7.08. The Kier molecular flexibility index (Phi) is 6.80. The molecule has 3 nitrogen and oxygen atoms in total. The summed E-state index contributed by atoms with van der Waals surface area (Å²) in [5, 5.41) is 9.91. The molecule has 0 aliphatic rings. The van der Waals surface area contributed by atoms with Crippen LogP contribution < -0.4 is 5.73 Å². The second kappa shape index (κ2) is 7.87. The molecular formula is C15H21Cl2NO2. The molecule has 5 heteroatoms. The van der Waals surface area contributed by atoms with E-state index in [1.807, 2.05) is 19.1 Å². The summed E-state index contributed by atoms with van der Waals surface area (Å²) in [5.74, 6) is -0.414. The molecule has 0 radical (unpaired) electrons. The van der Waals surface area contributed by atoms with Crippen LogP contribution in [-0.2, 0) is 4.79 Å². The lowest BCUT2D eigenvalue weighted by atomic mass is 9.84. The molecule has 1 rings (SSSR count). The molecule has 0 bridgehead atoms. The number of halogens is 2. The standard InChI is InChI=1S/C15H21Cl2NO2/c1-3-10(14(18)8-15(19)20)6-9(2)11-4-5-12(16)13(17)7-11/h4-5,7,9-10,14H,3,6,8,18H2,1-2H3,(H,19,20). The third-order valence-electron chi connectivity index (χ3n) is 3.71. The number of hydrogen-bond donors (Lipinski definition) is 2. The van der Waals surface area contributed by atoms with E-state index in [1.165, 1.54) is 0 Å². The lowest BCUT2D eigenvalue weighted by Crippen LogP contribution is -2.33. The van der Waals surface area contributed by atoms with Crippen molar-refractivity contribution in [3.63, 3.8) is 0 Å². The molecule has 1 aromatic rings. The Morgan fingerprint density at radius 1 is 1.35 bits per heavy atom. The lowest BCUT2D eigenvalue weighted by molar-refractivity contribution is -0.137. The minimum atomic E-state index is -0.849. The molecule has 0 fully saturated rings. The van der Waals surface area contributed by atoms with Crippen LogP contribution >= 0.6 is 23.2 Å². The van der Waals surface area contributed by atoms with E-state index in [1.54, 1.807) is 6.07 Å². The van der Waals surface area contributed by atoms with Crippen LogP contribution in [-0.4, -0.2) is 17.1 Å². The zero-order valence-electron chi connectivity index (χ0n) is 11.8. The predicted molar refractivity (Wildman–Crippen MR) is 83.5 cm³/mol. The Morgan fingerprint density at radius 2 is 2.00 bits per heavy atom. The van der Waals surface area contributed by atoms with Crippen molar-refractivity contribution in [1.29, 1.82) is 0 Å². The Morgan fingerprint density at radius 3 is 2.50 bits per heavy atom. The summed E-state index contributed by atoms with van der Waals surface area (Å²) in [6.07, 6.45) is 1.70. The fourth-order valence-corrected chi connectivity index (χ4v) is 2.73. The van der Waals surface area contributed by atoms with E-state index in [2.05, 4.69) is 6.92 Å². The van der Waals surface area contributed by atoms with E-state index in [4.69, 9.17) is 34.0 Å². The van der Waals surface area contributed by atoms with E-state index in [0.29, 0.717) is 10.0 Å². The maximum absolute atomic E-state index is 10.8. The first-order valence-electron chi connectivity index (χ1n) is 6.77. The molecule has 3 N–H and O–H groups in total. The van der Waals surface area contributed by atoms with Gasteiger partial charge >= 0.3 is 5.97 Å². The van der Waals surface area contributed by atoms with Gasteiger partial charge in [-0.15, -0.1) is 0 Å². The SMILES string of the molecule is CCC(CC(C)c1ccc(Cl)c(Cl)c1)C(N)CC(=O)O. The Bertz CT molecular complexity index is 465. The molecule has 20 heavy (non-hydrogen) atoms. The van der Waals surface area contributed by atoms with Gasteiger partial charge in [-0.1, -0.05) is 49.5 Å². The van der Waals surface area contributed by atoms with Crippen molar-refractivity contribution in [2.45, 2.75) is 45.1 Å². The Hall–Kier alpha value is -0.770. The Labute approximate surface area is 130 Å². The second-order valence-corrected chi connectivity index (χ2v) is 6.05. The number of carboxylic acid groups (broad SMARTS) is 1. The van der Waals surface area contributed by atoms with Crippen LogP contribution in [0.1, 0.15) is 44.6 Å². The third kappa shape index (κ3) is 4.97. The highest BCUT2D eigenvalue weighted by Gasteiger charge is 2.22. The fourth-order valence-electron chi connectivity index (χ4n) is 2.42. The van der Waals surface area contributed by atoms with Crippen molar-refractivity contribution in [1.82, 2.24) is 0 Å². The highest BCUT2D eigenvalue weighted by molar-refractivity contribution is 6.42. The summed E-state index contributed by atoms with van der Waals surface area (Å²) in [7, 11) is 0. The summed E-state index contributed by atoms with van der Waals surface area (Å²) in [6.45, 7) is 4.13. The molecule has 0 amide bonds. The van der Waals surface area contributed by atoms with Crippen molar-refractivity contribution >= 4 is 29.2 Å². The average molecular weight is 318 g/mol. The number of aliphatic carboxylic acids is 1. The summed E-state index contributed by atoms with van der Waals surface area (Å²) < 4.78 is 0. The van der Waals surface area contributed by atoms with Gasteiger partial charge in [-0.2, -0.15) is 0 Å². The van der Waals surface area contributed by atoms with Gasteiger partial charge < -0.3 is 10.8 Å². The molecule has 1 aromatic carbocycles. The molecule has 112 valence electrons. The molecule has 0 aliphatic heterocycles. The van der Waals surface area contributed by atoms with Gasteiger partial charge in [0.1, 0.15) is 0 Å². The van der Waals surface area contributed by atoms with Crippen LogP contribution in [0.5, 0.6) is 0 Å².